The highest BCUT2D eigenvalue weighted by Crippen LogP contribution is 2.15. The van der Waals surface area contributed by atoms with Crippen LogP contribution in [-0.4, -0.2) is 74.0 Å². The van der Waals surface area contributed by atoms with Gasteiger partial charge >= 0.3 is 0 Å². The van der Waals surface area contributed by atoms with Crippen molar-refractivity contribution in [3.8, 4) is 0 Å². The van der Waals surface area contributed by atoms with Gasteiger partial charge in [-0.2, -0.15) is 4.98 Å². The Labute approximate surface area is 205 Å². The average molecular weight is 480 g/mol. The number of aromatic nitrogens is 4. The molecule has 0 bridgehead atoms. The van der Waals surface area contributed by atoms with Crippen LogP contribution in [0.3, 0.4) is 0 Å². The number of benzene rings is 1. The second-order valence-electron chi connectivity index (χ2n) is 8.65. The molecule has 0 radical (unpaired) electrons. The minimum absolute atomic E-state index is 0.0300. The molecular weight excluding hydrogens is 446 g/mol. The minimum atomic E-state index is 0.0300. The molecule has 4 rings (SSSR count). The van der Waals surface area contributed by atoms with Crippen LogP contribution in [0, 0.1) is 6.92 Å². The molecule has 0 atom stereocenters. The molecule has 1 fully saturated rings. The molecule has 10 heteroatoms. The molecular formula is C25H33N7O3. The smallest absolute Gasteiger partial charge is 0.227 e. The van der Waals surface area contributed by atoms with Gasteiger partial charge in [0.15, 0.2) is 5.82 Å². The largest absolute Gasteiger partial charge is 0.340 e. The number of piperazine rings is 1. The fourth-order valence-electron chi connectivity index (χ4n) is 4.29. The first-order valence-corrected chi connectivity index (χ1v) is 12.2. The molecule has 0 aliphatic carbocycles. The number of rotatable bonds is 10. The Hall–Kier alpha value is -3.53. The van der Waals surface area contributed by atoms with Gasteiger partial charge in [0.05, 0.1) is 6.54 Å². The summed E-state index contributed by atoms with van der Waals surface area (Å²) in [5.74, 6) is 2.20. The highest BCUT2D eigenvalue weighted by Gasteiger charge is 2.22. The fourth-order valence-corrected chi connectivity index (χ4v) is 4.29. The third-order valence-corrected chi connectivity index (χ3v) is 6.33. The number of carbonyl (C=O) groups is 2. The number of para-hydroxylation sites is 1. The van der Waals surface area contributed by atoms with E-state index in [0.29, 0.717) is 63.7 Å². The Morgan fingerprint density at radius 2 is 1.86 bits per heavy atom. The predicted octanol–water partition coefficient (Wildman–Crippen LogP) is 2.29. The zero-order valence-electron chi connectivity index (χ0n) is 20.5. The summed E-state index contributed by atoms with van der Waals surface area (Å²) >= 11 is 0. The lowest BCUT2D eigenvalue weighted by molar-refractivity contribution is -0.133. The first kappa shape index (κ1) is 24.6. The molecule has 2 amide bonds. The van der Waals surface area contributed by atoms with Crippen LogP contribution >= 0.6 is 0 Å². The fraction of sp³-hybridized carbons (Fsp3) is 0.480. The Kier molecular flexibility index (Phi) is 8.25. The molecule has 0 unspecified atom stereocenters. The van der Waals surface area contributed by atoms with E-state index in [4.69, 9.17) is 4.52 Å². The Morgan fingerprint density at radius 3 is 2.54 bits per heavy atom. The van der Waals surface area contributed by atoms with Crippen LogP contribution in [0.15, 0.2) is 47.2 Å². The van der Waals surface area contributed by atoms with Crippen molar-refractivity contribution in [3.63, 3.8) is 0 Å². The molecule has 0 saturated carbocycles. The van der Waals surface area contributed by atoms with Crippen LogP contribution in [0.1, 0.15) is 37.3 Å². The van der Waals surface area contributed by atoms with Crippen molar-refractivity contribution in [2.45, 2.75) is 46.2 Å². The molecule has 186 valence electrons. The average Bonchev–Trinajstić information content (AvgIpc) is 3.51. The van der Waals surface area contributed by atoms with E-state index < -0.39 is 0 Å². The van der Waals surface area contributed by atoms with Gasteiger partial charge in [-0.25, -0.2) is 4.98 Å². The van der Waals surface area contributed by atoms with Crippen molar-refractivity contribution >= 4 is 17.5 Å². The Balaban J connectivity index is 1.19. The summed E-state index contributed by atoms with van der Waals surface area (Å²) in [5.41, 5.74) is 0.890. The molecule has 1 aliphatic heterocycles. The van der Waals surface area contributed by atoms with Gasteiger partial charge < -0.3 is 18.9 Å². The SMILES string of the molecule is CCN(C(=O)CCc1nc(CN2CCN(C(=O)CCn3ccnc3C)CC2)no1)c1ccccc1. The quantitative estimate of drug-likeness (QED) is 0.440. The van der Waals surface area contributed by atoms with Crippen LogP contribution in [0.4, 0.5) is 5.69 Å². The van der Waals surface area contributed by atoms with E-state index in [1.54, 1.807) is 11.1 Å². The monoisotopic (exact) mass is 479 g/mol. The van der Waals surface area contributed by atoms with Gasteiger partial charge in [0.25, 0.3) is 0 Å². The summed E-state index contributed by atoms with van der Waals surface area (Å²) in [6.45, 7) is 8.63. The highest BCUT2D eigenvalue weighted by molar-refractivity contribution is 5.93. The van der Waals surface area contributed by atoms with Gasteiger partial charge in [-0.05, 0) is 26.0 Å². The number of imidazole rings is 1. The van der Waals surface area contributed by atoms with Crippen molar-refractivity contribution in [3.05, 3.63) is 60.3 Å². The normalized spacial score (nSPS) is 14.3. The maximum atomic E-state index is 12.7. The molecule has 0 spiro atoms. The van der Waals surface area contributed by atoms with E-state index in [0.717, 1.165) is 24.6 Å². The topological polar surface area (TPSA) is 101 Å². The van der Waals surface area contributed by atoms with E-state index in [2.05, 4.69) is 20.0 Å². The maximum absolute atomic E-state index is 12.7. The van der Waals surface area contributed by atoms with Crippen molar-refractivity contribution in [2.75, 3.05) is 37.6 Å². The van der Waals surface area contributed by atoms with E-state index in [9.17, 15) is 9.59 Å². The van der Waals surface area contributed by atoms with Crippen molar-refractivity contribution in [1.29, 1.82) is 0 Å². The number of aryl methyl sites for hydroxylation is 3. The van der Waals surface area contributed by atoms with Gasteiger partial charge in [0, 0.05) is 76.6 Å². The predicted molar refractivity (Wildman–Crippen MR) is 131 cm³/mol. The second kappa shape index (κ2) is 11.7. The minimum Gasteiger partial charge on any atom is -0.340 e. The van der Waals surface area contributed by atoms with Gasteiger partial charge in [0.2, 0.25) is 17.7 Å². The Morgan fingerprint density at radius 1 is 1.09 bits per heavy atom. The second-order valence-corrected chi connectivity index (χ2v) is 8.65. The summed E-state index contributed by atoms with van der Waals surface area (Å²) in [6, 6.07) is 9.64. The summed E-state index contributed by atoms with van der Waals surface area (Å²) in [5, 5.41) is 4.09. The third kappa shape index (κ3) is 6.54. The van der Waals surface area contributed by atoms with Crippen molar-refractivity contribution in [2.24, 2.45) is 0 Å². The van der Waals surface area contributed by atoms with E-state index >= 15 is 0 Å². The maximum Gasteiger partial charge on any atom is 0.227 e. The number of hydrogen-bond acceptors (Lipinski definition) is 7. The van der Waals surface area contributed by atoms with Gasteiger partial charge in [-0.1, -0.05) is 23.4 Å². The standard InChI is InChI=1S/C25H33N7O3/c1-3-32(21-7-5-4-6-8-21)25(34)10-9-23-27-22(28-35-23)19-29-15-17-31(18-16-29)24(33)11-13-30-14-12-26-20(30)2/h4-8,12,14H,3,9-11,13,15-19H2,1-2H3. The van der Waals surface area contributed by atoms with Crippen LogP contribution < -0.4 is 4.90 Å². The molecule has 3 heterocycles. The number of carbonyl (C=O) groups excluding carboxylic acids is 2. The number of anilines is 1. The highest BCUT2D eigenvalue weighted by atomic mass is 16.5. The van der Waals surface area contributed by atoms with E-state index in [1.807, 2.05) is 59.8 Å². The molecule has 2 aromatic heterocycles. The van der Waals surface area contributed by atoms with E-state index in [-0.39, 0.29) is 11.8 Å². The van der Waals surface area contributed by atoms with E-state index in [1.165, 1.54) is 0 Å². The van der Waals surface area contributed by atoms with Crippen LogP contribution in [0.5, 0.6) is 0 Å². The lowest BCUT2D eigenvalue weighted by atomic mass is 10.2. The number of nitrogens with zero attached hydrogens (tertiary/aromatic N) is 7. The van der Waals surface area contributed by atoms with Crippen LogP contribution in [-0.2, 0) is 29.1 Å². The van der Waals surface area contributed by atoms with Crippen LogP contribution in [0.2, 0.25) is 0 Å². The number of amides is 2. The van der Waals surface area contributed by atoms with Gasteiger partial charge in [0.1, 0.15) is 5.82 Å². The Bertz CT molecular complexity index is 1100. The van der Waals surface area contributed by atoms with Crippen molar-refractivity contribution < 1.29 is 14.1 Å². The zero-order valence-corrected chi connectivity index (χ0v) is 20.5. The van der Waals surface area contributed by atoms with Gasteiger partial charge in [-0.15, -0.1) is 0 Å². The lowest BCUT2D eigenvalue weighted by Gasteiger charge is -2.34. The zero-order chi connectivity index (χ0) is 24.6. The molecule has 1 saturated heterocycles. The molecule has 1 aromatic carbocycles. The first-order chi connectivity index (χ1) is 17.0. The third-order valence-electron chi connectivity index (χ3n) is 6.33. The summed E-state index contributed by atoms with van der Waals surface area (Å²) in [4.78, 5) is 39.8. The molecule has 35 heavy (non-hydrogen) atoms. The lowest BCUT2D eigenvalue weighted by Crippen LogP contribution is -2.48. The summed E-state index contributed by atoms with van der Waals surface area (Å²) < 4.78 is 7.38. The molecule has 10 nitrogen and oxygen atoms in total. The van der Waals surface area contributed by atoms with Crippen LogP contribution in [0.25, 0.3) is 0 Å². The summed E-state index contributed by atoms with van der Waals surface area (Å²) in [6.07, 6.45) is 4.85. The molecule has 3 aromatic rings. The molecule has 0 N–H and O–H groups in total. The summed E-state index contributed by atoms with van der Waals surface area (Å²) in [7, 11) is 0. The van der Waals surface area contributed by atoms with Crippen molar-refractivity contribution in [1.82, 2.24) is 29.5 Å². The molecule has 1 aliphatic rings. The van der Waals surface area contributed by atoms with Gasteiger partial charge in [-0.3, -0.25) is 14.5 Å². The number of hydrogen-bond donors (Lipinski definition) is 0. The first-order valence-electron chi connectivity index (χ1n) is 12.2.